The van der Waals surface area contributed by atoms with Crippen LogP contribution in [0.3, 0.4) is 0 Å². The lowest BCUT2D eigenvalue weighted by Crippen LogP contribution is -2.46. The standard InChI is InChI=1S/C18H15F6N3O3S/c19-10-3-5-11(6-4-10)31(29,30)27-7-1-2-9(8-27)18(28)26-25-17-15(23)13(21)12(20)14(22)16(17)24/h3-6,9,25H,1-2,7-8H2,(H,26,28). The fourth-order valence-electron chi connectivity index (χ4n) is 3.07. The van der Waals surface area contributed by atoms with Gasteiger partial charge in [-0.25, -0.2) is 34.8 Å². The summed E-state index contributed by atoms with van der Waals surface area (Å²) in [7, 11) is -4.04. The van der Waals surface area contributed by atoms with Crippen molar-refractivity contribution < 1.29 is 39.6 Å². The molecule has 0 spiro atoms. The summed E-state index contributed by atoms with van der Waals surface area (Å²) in [4.78, 5) is 12.1. The van der Waals surface area contributed by atoms with E-state index in [1.165, 1.54) is 0 Å². The van der Waals surface area contributed by atoms with Crippen LogP contribution < -0.4 is 10.9 Å². The zero-order chi connectivity index (χ0) is 22.9. The Hall–Kier alpha value is -2.80. The molecule has 1 atom stereocenters. The number of halogens is 6. The van der Waals surface area contributed by atoms with Crippen molar-refractivity contribution in [1.29, 1.82) is 0 Å². The van der Waals surface area contributed by atoms with Gasteiger partial charge in [-0.05, 0) is 37.1 Å². The van der Waals surface area contributed by atoms with Crippen molar-refractivity contribution in [2.75, 3.05) is 18.5 Å². The van der Waals surface area contributed by atoms with E-state index in [9.17, 15) is 39.6 Å². The number of carbonyl (C=O) groups is 1. The molecule has 13 heteroatoms. The third kappa shape index (κ3) is 4.46. The summed E-state index contributed by atoms with van der Waals surface area (Å²) in [5.41, 5.74) is 2.07. The van der Waals surface area contributed by atoms with Gasteiger partial charge in [0.1, 0.15) is 11.5 Å². The van der Waals surface area contributed by atoms with Crippen LogP contribution in [0.1, 0.15) is 12.8 Å². The quantitative estimate of drug-likeness (QED) is 0.307. The van der Waals surface area contributed by atoms with Crippen molar-refractivity contribution in [2.24, 2.45) is 5.92 Å². The van der Waals surface area contributed by atoms with E-state index in [4.69, 9.17) is 0 Å². The minimum Gasteiger partial charge on any atom is -0.293 e. The molecule has 2 aromatic rings. The molecular weight excluding hydrogens is 452 g/mol. The monoisotopic (exact) mass is 467 g/mol. The van der Waals surface area contributed by atoms with Gasteiger partial charge < -0.3 is 0 Å². The van der Waals surface area contributed by atoms with E-state index in [1.807, 2.05) is 5.43 Å². The third-order valence-corrected chi connectivity index (χ3v) is 6.61. The number of nitrogens with zero attached hydrogens (tertiary/aromatic N) is 1. The first-order valence-corrected chi connectivity index (χ1v) is 10.3. The Bertz CT molecular complexity index is 1080. The first-order chi connectivity index (χ1) is 14.5. The highest BCUT2D eigenvalue weighted by atomic mass is 32.2. The molecule has 0 bridgehead atoms. The SMILES string of the molecule is O=C(NNc1c(F)c(F)c(F)c(F)c1F)C1CCCN(S(=O)(=O)c2ccc(F)cc2)C1. The first-order valence-electron chi connectivity index (χ1n) is 8.87. The number of hydrogen-bond donors (Lipinski definition) is 2. The van der Waals surface area contributed by atoms with Gasteiger partial charge in [-0.1, -0.05) is 0 Å². The summed E-state index contributed by atoms with van der Waals surface area (Å²) in [5.74, 6) is -13.6. The molecule has 1 unspecified atom stereocenters. The summed E-state index contributed by atoms with van der Waals surface area (Å²) >= 11 is 0. The maximum absolute atomic E-state index is 13.7. The van der Waals surface area contributed by atoms with Gasteiger partial charge in [0.15, 0.2) is 23.3 Å². The highest BCUT2D eigenvalue weighted by Crippen LogP contribution is 2.27. The molecule has 1 heterocycles. The number of nitrogens with one attached hydrogen (secondary N) is 2. The van der Waals surface area contributed by atoms with Crippen LogP contribution in [0.15, 0.2) is 29.2 Å². The van der Waals surface area contributed by atoms with Crippen LogP contribution >= 0.6 is 0 Å². The number of amides is 1. The molecule has 2 N–H and O–H groups in total. The molecule has 1 aliphatic heterocycles. The number of anilines is 1. The van der Waals surface area contributed by atoms with E-state index < -0.39 is 62.4 Å². The number of carbonyl (C=O) groups excluding carboxylic acids is 1. The molecule has 6 nitrogen and oxygen atoms in total. The Morgan fingerprint density at radius 1 is 0.903 bits per heavy atom. The third-order valence-electron chi connectivity index (χ3n) is 4.73. The van der Waals surface area contributed by atoms with Gasteiger partial charge in [-0.2, -0.15) is 4.31 Å². The molecule has 0 aromatic heterocycles. The average Bonchev–Trinajstić information content (AvgIpc) is 2.76. The van der Waals surface area contributed by atoms with Crippen molar-refractivity contribution in [3.05, 3.63) is 59.2 Å². The Balaban J connectivity index is 1.72. The van der Waals surface area contributed by atoms with Gasteiger partial charge in [0, 0.05) is 13.1 Å². The highest BCUT2D eigenvalue weighted by molar-refractivity contribution is 7.89. The minimum atomic E-state index is -4.04. The molecule has 2 aromatic carbocycles. The van der Waals surface area contributed by atoms with Gasteiger partial charge in [0.05, 0.1) is 10.8 Å². The molecule has 1 aliphatic rings. The van der Waals surface area contributed by atoms with E-state index in [2.05, 4.69) is 0 Å². The van der Waals surface area contributed by atoms with Crippen molar-refractivity contribution >= 4 is 21.6 Å². The summed E-state index contributed by atoms with van der Waals surface area (Å²) in [6, 6.07) is 4.07. The maximum Gasteiger partial charge on any atom is 0.243 e. The summed E-state index contributed by atoms with van der Waals surface area (Å²) in [5, 5.41) is 0. The molecule has 1 amide bonds. The second-order valence-electron chi connectivity index (χ2n) is 6.72. The predicted molar refractivity (Wildman–Crippen MR) is 95.9 cm³/mol. The van der Waals surface area contributed by atoms with E-state index in [1.54, 1.807) is 5.43 Å². The van der Waals surface area contributed by atoms with Crippen molar-refractivity contribution in [1.82, 2.24) is 9.73 Å². The van der Waals surface area contributed by atoms with Crippen LogP contribution in [0.4, 0.5) is 32.0 Å². The molecule has 31 heavy (non-hydrogen) atoms. The molecule has 0 aliphatic carbocycles. The number of hydrogen-bond acceptors (Lipinski definition) is 4. The molecular formula is C18H15F6N3O3S. The predicted octanol–water partition coefficient (Wildman–Crippen LogP) is 3.07. The van der Waals surface area contributed by atoms with Crippen molar-refractivity contribution in [3.63, 3.8) is 0 Å². The molecule has 0 saturated carbocycles. The maximum atomic E-state index is 13.7. The molecule has 3 rings (SSSR count). The lowest BCUT2D eigenvalue weighted by molar-refractivity contribution is -0.125. The highest BCUT2D eigenvalue weighted by Gasteiger charge is 2.34. The smallest absolute Gasteiger partial charge is 0.243 e. The van der Waals surface area contributed by atoms with Gasteiger partial charge >= 0.3 is 0 Å². The van der Waals surface area contributed by atoms with E-state index >= 15 is 0 Å². The van der Waals surface area contributed by atoms with Crippen LogP contribution in [-0.4, -0.2) is 31.7 Å². The Labute approximate surface area is 172 Å². The zero-order valence-electron chi connectivity index (χ0n) is 15.6. The summed E-state index contributed by atoms with van der Waals surface area (Å²) in [6.07, 6.45) is 0.473. The van der Waals surface area contributed by atoms with Crippen LogP contribution in [0, 0.1) is 40.8 Å². The van der Waals surface area contributed by atoms with Gasteiger partial charge in [0.25, 0.3) is 0 Å². The van der Waals surface area contributed by atoms with E-state index in [0.29, 0.717) is 0 Å². The van der Waals surface area contributed by atoms with Gasteiger partial charge in [-0.3, -0.25) is 15.6 Å². The average molecular weight is 467 g/mol. The lowest BCUT2D eigenvalue weighted by Gasteiger charge is -2.31. The molecule has 0 radical (unpaired) electrons. The molecule has 1 saturated heterocycles. The van der Waals surface area contributed by atoms with Crippen LogP contribution in [0.2, 0.25) is 0 Å². The number of hydrazine groups is 1. The first kappa shape index (κ1) is 22.9. The summed E-state index contributed by atoms with van der Waals surface area (Å²) in [6.45, 7) is -0.223. The van der Waals surface area contributed by atoms with Gasteiger partial charge in [-0.15, -0.1) is 0 Å². The number of rotatable bonds is 5. The normalized spacial score (nSPS) is 17.4. The summed E-state index contributed by atoms with van der Waals surface area (Å²) < 4.78 is 106. The van der Waals surface area contributed by atoms with Crippen molar-refractivity contribution in [3.8, 4) is 0 Å². The lowest BCUT2D eigenvalue weighted by atomic mass is 9.99. The topological polar surface area (TPSA) is 78.5 Å². The van der Waals surface area contributed by atoms with E-state index in [-0.39, 0.29) is 30.8 Å². The zero-order valence-corrected chi connectivity index (χ0v) is 16.4. The molecule has 1 fully saturated rings. The van der Waals surface area contributed by atoms with Crippen LogP contribution in [0.5, 0.6) is 0 Å². The Morgan fingerprint density at radius 2 is 1.45 bits per heavy atom. The second kappa shape index (κ2) is 8.75. The number of sulfonamides is 1. The number of piperidine rings is 1. The second-order valence-corrected chi connectivity index (χ2v) is 8.65. The fourth-order valence-corrected chi connectivity index (χ4v) is 4.59. The van der Waals surface area contributed by atoms with Gasteiger partial charge in [0.2, 0.25) is 21.7 Å². The fraction of sp³-hybridized carbons (Fsp3) is 0.278. The number of benzene rings is 2. The van der Waals surface area contributed by atoms with Crippen LogP contribution in [0.25, 0.3) is 0 Å². The Kier molecular flexibility index (Phi) is 6.46. The molecule has 168 valence electrons. The van der Waals surface area contributed by atoms with Crippen molar-refractivity contribution in [2.45, 2.75) is 17.7 Å². The minimum absolute atomic E-state index is 0.0779. The van der Waals surface area contributed by atoms with Crippen LogP contribution in [-0.2, 0) is 14.8 Å². The largest absolute Gasteiger partial charge is 0.293 e. The Morgan fingerprint density at radius 3 is 2.03 bits per heavy atom. The van der Waals surface area contributed by atoms with E-state index in [0.717, 1.165) is 28.6 Å².